The fourth-order valence-electron chi connectivity index (χ4n) is 3.90. The SMILES string of the molecule is CC(C)Cn1ccnc1CNC(=O)N1CCC2(C=Cc3ccccc3O2)CC1. The van der Waals surface area contributed by atoms with E-state index < -0.39 is 0 Å². The lowest BCUT2D eigenvalue weighted by Gasteiger charge is -2.41. The number of imidazole rings is 1. The van der Waals surface area contributed by atoms with Crippen LogP contribution in [0.15, 0.2) is 42.7 Å². The van der Waals surface area contributed by atoms with Gasteiger partial charge in [0.05, 0.1) is 6.54 Å². The fourth-order valence-corrected chi connectivity index (χ4v) is 3.90. The zero-order valence-electron chi connectivity index (χ0n) is 16.6. The molecule has 1 saturated heterocycles. The van der Waals surface area contributed by atoms with E-state index in [0.717, 1.165) is 36.5 Å². The zero-order valence-corrected chi connectivity index (χ0v) is 16.6. The lowest BCUT2D eigenvalue weighted by atomic mass is 9.88. The Labute approximate surface area is 166 Å². The summed E-state index contributed by atoms with van der Waals surface area (Å²) in [5.41, 5.74) is 0.823. The van der Waals surface area contributed by atoms with E-state index >= 15 is 0 Å². The van der Waals surface area contributed by atoms with Gasteiger partial charge in [0, 0.05) is 50.4 Å². The van der Waals surface area contributed by atoms with Crippen LogP contribution < -0.4 is 10.1 Å². The number of carbonyl (C=O) groups is 1. The molecule has 2 amide bonds. The number of hydrogen-bond acceptors (Lipinski definition) is 3. The number of para-hydroxylation sites is 1. The van der Waals surface area contributed by atoms with Gasteiger partial charge in [0.1, 0.15) is 17.2 Å². The second-order valence-electron chi connectivity index (χ2n) is 8.07. The molecule has 6 nitrogen and oxygen atoms in total. The Hall–Kier alpha value is -2.76. The second-order valence-corrected chi connectivity index (χ2v) is 8.07. The average molecular weight is 380 g/mol. The molecular formula is C22H28N4O2. The number of hydrogen-bond donors (Lipinski definition) is 1. The number of nitrogens with one attached hydrogen (secondary N) is 1. The number of benzene rings is 1. The van der Waals surface area contributed by atoms with Crippen LogP contribution in [0.2, 0.25) is 0 Å². The van der Waals surface area contributed by atoms with Gasteiger partial charge in [-0.3, -0.25) is 0 Å². The number of urea groups is 1. The van der Waals surface area contributed by atoms with E-state index in [2.05, 4.69) is 46.9 Å². The molecule has 2 aromatic rings. The molecule has 1 aromatic carbocycles. The van der Waals surface area contributed by atoms with Gasteiger partial charge in [0.2, 0.25) is 0 Å². The van der Waals surface area contributed by atoms with Gasteiger partial charge in [-0.25, -0.2) is 9.78 Å². The number of amides is 2. The maximum atomic E-state index is 12.6. The van der Waals surface area contributed by atoms with Crippen LogP contribution in [0.1, 0.15) is 38.1 Å². The van der Waals surface area contributed by atoms with E-state index in [0.29, 0.717) is 25.6 Å². The van der Waals surface area contributed by atoms with Crippen LogP contribution in [-0.2, 0) is 13.1 Å². The Balaban J connectivity index is 1.31. The summed E-state index contributed by atoms with van der Waals surface area (Å²) >= 11 is 0. The molecule has 1 aromatic heterocycles. The first-order valence-electron chi connectivity index (χ1n) is 10.0. The first kappa shape index (κ1) is 18.6. The quantitative estimate of drug-likeness (QED) is 0.880. The van der Waals surface area contributed by atoms with Crippen molar-refractivity contribution in [1.29, 1.82) is 0 Å². The van der Waals surface area contributed by atoms with Crippen LogP contribution in [-0.4, -0.2) is 39.2 Å². The highest BCUT2D eigenvalue weighted by atomic mass is 16.5. The van der Waals surface area contributed by atoms with E-state index in [4.69, 9.17) is 4.74 Å². The summed E-state index contributed by atoms with van der Waals surface area (Å²) in [6.07, 6.45) is 9.66. The number of fused-ring (bicyclic) bond motifs is 1. The van der Waals surface area contributed by atoms with Crippen molar-refractivity contribution in [2.75, 3.05) is 13.1 Å². The number of likely N-dealkylation sites (tertiary alicyclic amines) is 1. The molecule has 0 bridgehead atoms. The molecule has 148 valence electrons. The van der Waals surface area contributed by atoms with Crippen molar-refractivity contribution in [1.82, 2.24) is 19.8 Å². The molecule has 0 radical (unpaired) electrons. The molecule has 1 spiro atoms. The van der Waals surface area contributed by atoms with E-state index in [1.54, 1.807) is 6.20 Å². The van der Waals surface area contributed by atoms with Gasteiger partial charge in [-0.1, -0.05) is 38.1 Å². The monoisotopic (exact) mass is 380 g/mol. The van der Waals surface area contributed by atoms with Crippen molar-refractivity contribution in [3.05, 3.63) is 54.1 Å². The highest BCUT2D eigenvalue weighted by Gasteiger charge is 2.37. The molecule has 28 heavy (non-hydrogen) atoms. The maximum Gasteiger partial charge on any atom is 0.317 e. The van der Waals surface area contributed by atoms with Crippen LogP contribution in [0.5, 0.6) is 5.75 Å². The van der Waals surface area contributed by atoms with Gasteiger partial charge in [0.15, 0.2) is 0 Å². The molecule has 0 atom stereocenters. The van der Waals surface area contributed by atoms with Crippen LogP contribution in [0, 0.1) is 5.92 Å². The van der Waals surface area contributed by atoms with Crippen LogP contribution >= 0.6 is 0 Å². The molecule has 1 N–H and O–H groups in total. The largest absolute Gasteiger partial charge is 0.482 e. The Morgan fingerprint density at radius 1 is 1.29 bits per heavy atom. The number of ether oxygens (including phenoxy) is 1. The number of carbonyl (C=O) groups excluding carboxylic acids is 1. The third-order valence-corrected chi connectivity index (χ3v) is 5.46. The molecule has 6 heteroatoms. The second kappa shape index (κ2) is 7.70. The molecule has 2 aliphatic rings. The molecule has 4 rings (SSSR count). The van der Waals surface area contributed by atoms with Crippen LogP contribution in [0.3, 0.4) is 0 Å². The Morgan fingerprint density at radius 2 is 2.07 bits per heavy atom. The van der Waals surface area contributed by atoms with Crippen LogP contribution in [0.4, 0.5) is 4.79 Å². The number of aromatic nitrogens is 2. The van der Waals surface area contributed by atoms with Gasteiger partial charge >= 0.3 is 6.03 Å². The zero-order chi connectivity index (χ0) is 19.6. The van der Waals surface area contributed by atoms with Crippen molar-refractivity contribution < 1.29 is 9.53 Å². The third-order valence-electron chi connectivity index (χ3n) is 5.46. The Bertz CT molecular complexity index is 863. The lowest BCUT2D eigenvalue weighted by molar-refractivity contribution is 0.0497. The fraction of sp³-hybridized carbons (Fsp3) is 0.455. The minimum Gasteiger partial charge on any atom is -0.482 e. The maximum absolute atomic E-state index is 12.6. The highest BCUT2D eigenvalue weighted by molar-refractivity contribution is 5.74. The van der Waals surface area contributed by atoms with Crippen molar-refractivity contribution in [3.63, 3.8) is 0 Å². The molecule has 2 aliphatic heterocycles. The molecule has 1 fully saturated rings. The normalized spacial score (nSPS) is 17.5. The first-order chi connectivity index (χ1) is 13.5. The number of rotatable bonds is 4. The Morgan fingerprint density at radius 3 is 2.86 bits per heavy atom. The van der Waals surface area contributed by atoms with Crippen molar-refractivity contribution in [2.45, 2.75) is 45.4 Å². The minimum absolute atomic E-state index is 0.0332. The van der Waals surface area contributed by atoms with Crippen molar-refractivity contribution in [3.8, 4) is 5.75 Å². The number of nitrogens with zero attached hydrogens (tertiary/aromatic N) is 3. The van der Waals surface area contributed by atoms with E-state index in [-0.39, 0.29) is 11.6 Å². The van der Waals surface area contributed by atoms with Gasteiger partial charge in [-0.15, -0.1) is 0 Å². The molecular weight excluding hydrogens is 352 g/mol. The highest BCUT2D eigenvalue weighted by Crippen LogP contribution is 2.36. The third kappa shape index (κ3) is 3.91. The van der Waals surface area contributed by atoms with Crippen molar-refractivity contribution >= 4 is 12.1 Å². The van der Waals surface area contributed by atoms with E-state index in [9.17, 15) is 4.79 Å². The summed E-state index contributed by atoms with van der Waals surface area (Å²) in [6.45, 7) is 7.06. The number of piperidine rings is 1. The van der Waals surface area contributed by atoms with Gasteiger partial charge in [-0.05, 0) is 18.1 Å². The van der Waals surface area contributed by atoms with Gasteiger partial charge in [-0.2, -0.15) is 0 Å². The molecule has 0 aliphatic carbocycles. The summed E-state index contributed by atoms with van der Waals surface area (Å²) < 4.78 is 8.41. The average Bonchev–Trinajstić information content (AvgIpc) is 3.13. The summed E-state index contributed by atoms with van der Waals surface area (Å²) in [5, 5.41) is 3.02. The first-order valence-corrected chi connectivity index (χ1v) is 10.0. The summed E-state index contributed by atoms with van der Waals surface area (Å²) in [7, 11) is 0. The summed E-state index contributed by atoms with van der Waals surface area (Å²) in [5.74, 6) is 2.36. The van der Waals surface area contributed by atoms with Crippen molar-refractivity contribution in [2.24, 2.45) is 5.92 Å². The van der Waals surface area contributed by atoms with Gasteiger partial charge < -0.3 is 19.5 Å². The minimum atomic E-state index is -0.293. The predicted molar refractivity (Wildman–Crippen MR) is 109 cm³/mol. The molecule has 3 heterocycles. The molecule has 0 saturated carbocycles. The van der Waals surface area contributed by atoms with E-state index in [1.807, 2.05) is 29.3 Å². The smallest absolute Gasteiger partial charge is 0.317 e. The summed E-state index contributed by atoms with van der Waals surface area (Å²) in [6, 6.07) is 8.05. The Kier molecular flexibility index (Phi) is 5.11. The topological polar surface area (TPSA) is 59.4 Å². The van der Waals surface area contributed by atoms with Crippen LogP contribution in [0.25, 0.3) is 6.08 Å². The van der Waals surface area contributed by atoms with Gasteiger partial charge in [0.25, 0.3) is 0 Å². The van der Waals surface area contributed by atoms with E-state index in [1.165, 1.54) is 0 Å². The molecule has 0 unspecified atom stereocenters. The lowest BCUT2D eigenvalue weighted by Crippen LogP contribution is -2.51. The summed E-state index contributed by atoms with van der Waals surface area (Å²) in [4.78, 5) is 18.9. The standard InChI is InChI=1S/C22H28N4O2/c1-17(2)16-26-14-11-23-20(26)15-24-21(27)25-12-9-22(10-13-25)8-7-18-5-3-4-6-19(18)28-22/h3-8,11,14,17H,9-10,12-13,15-16H2,1-2H3,(H,24,27). The predicted octanol–water partition coefficient (Wildman–Crippen LogP) is 3.69.